The predicted molar refractivity (Wildman–Crippen MR) is 287 cm³/mol. The Hall–Kier alpha value is -7.52. The van der Waals surface area contributed by atoms with Gasteiger partial charge in [-0.3, -0.25) is 19.2 Å². The van der Waals surface area contributed by atoms with E-state index in [0.717, 1.165) is 44.6 Å². The van der Waals surface area contributed by atoms with Crippen molar-refractivity contribution in [1.29, 1.82) is 0 Å². The van der Waals surface area contributed by atoms with E-state index in [-0.39, 0.29) is 61.7 Å². The van der Waals surface area contributed by atoms with Crippen molar-refractivity contribution in [3.8, 4) is 5.75 Å². The number of ether oxygens (including phenoxy) is 2. The highest BCUT2D eigenvalue weighted by atomic mass is 28.3. The molecule has 1 spiro atoms. The van der Waals surface area contributed by atoms with Gasteiger partial charge in [-0.15, -0.1) is 0 Å². The number of benzene rings is 6. The van der Waals surface area contributed by atoms with E-state index in [1.54, 1.807) is 16.9 Å². The summed E-state index contributed by atoms with van der Waals surface area (Å²) < 4.78 is 13.0. The third-order valence-corrected chi connectivity index (χ3v) is 19.5. The molecule has 1 N–H and O–H groups in total. The highest BCUT2D eigenvalue weighted by Gasteiger charge is 2.66. The minimum absolute atomic E-state index is 0.0288. The van der Waals surface area contributed by atoms with Crippen LogP contribution in [0, 0.1) is 5.92 Å². The molecule has 0 unspecified atom stereocenters. The van der Waals surface area contributed by atoms with E-state index in [1.165, 1.54) is 10.0 Å². The quantitative estimate of drug-likeness (QED) is 0.101. The van der Waals surface area contributed by atoms with E-state index >= 15 is 4.79 Å². The van der Waals surface area contributed by atoms with Crippen LogP contribution in [0.1, 0.15) is 66.8 Å². The molecule has 13 nitrogen and oxygen atoms in total. The monoisotopic (exact) mass is 992 g/mol. The number of methoxy groups -OCH3 is 1. The van der Waals surface area contributed by atoms with Crippen LogP contribution in [0.15, 0.2) is 168 Å². The Morgan fingerprint density at radius 3 is 1.86 bits per heavy atom. The molecule has 73 heavy (non-hydrogen) atoms. The summed E-state index contributed by atoms with van der Waals surface area (Å²) in [6, 6.07) is 50.6. The van der Waals surface area contributed by atoms with Gasteiger partial charge in [-0.1, -0.05) is 140 Å². The van der Waals surface area contributed by atoms with Crippen molar-refractivity contribution in [3.05, 3.63) is 186 Å². The van der Waals surface area contributed by atoms with Gasteiger partial charge in [-0.2, -0.15) is 10.2 Å². The molecule has 4 atom stereocenters. The fourth-order valence-corrected chi connectivity index (χ4v) is 15.4. The third-order valence-electron chi connectivity index (χ3n) is 15.2. The summed E-state index contributed by atoms with van der Waals surface area (Å²) in [7, 11) is -1.07. The number of anilines is 3. The third kappa shape index (κ3) is 9.42. The maximum atomic E-state index is 16.0. The van der Waals surface area contributed by atoms with Crippen molar-refractivity contribution >= 4 is 65.4 Å². The maximum absolute atomic E-state index is 16.0. The van der Waals surface area contributed by atoms with Crippen molar-refractivity contribution in [2.45, 2.75) is 82.5 Å². The summed E-state index contributed by atoms with van der Waals surface area (Å²) in [5.74, 6) is -0.472. The van der Waals surface area contributed by atoms with E-state index < -0.39 is 25.7 Å². The zero-order valence-electron chi connectivity index (χ0n) is 41.7. The van der Waals surface area contributed by atoms with Crippen molar-refractivity contribution in [1.82, 2.24) is 4.90 Å². The average molecular weight is 993 g/mol. The smallest absolute Gasteiger partial charge is 0.264 e. The van der Waals surface area contributed by atoms with Gasteiger partial charge < -0.3 is 24.4 Å². The summed E-state index contributed by atoms with van der Waals surface area (Å²) >= 11 is 0. The lowest BCUT2D eigenvalue weighted by Crippen LogP contribution is -2.52. The molecular weight excluding hydrogens is 933 g/mol. The molecule has 0 radical (unpaired) electrons. The largest absolute Gasteiger partial charge is 0.497 e. The molecule has 6 aromatic rings. The van der Waals surface area contributed by atoms with E-state index in [2.05, 4.69) is 32.2 Å². The molecule has 0 aliphatic carbocycles. The predicted octanol–water partition coefficient (Wildman–Crippen LogP) is 8.93. The summed E-state index contributed by atoms with van der Waals surface area (Å²) in [5, 5.41) is 24.0. The van der Waals surface area contributed by atoms with Crippen LogP contribution in [0.5, 0.6) is 5.75 Å². The molecule has 10 rings (SSSR count). The van der Waals surface area contributed by atoms with E-state index in [1.807, 2.05) is 146 Å². The Balaban J connectivity index is 1.06. The van der Waals surface area contributed by atoms with Gasteiger partial charge in [0.2, 0.25) is 17.7 Å². The normalized spacial score (nSPS) is 20.8. The minimum atomic E-state index is -2.70. The Morgan fingerprint density at radius 1 is 0.726 bits per heavy atom. The molecule has 372 valence electrons. The number of fused-ring (bicyclic) bond motifs is 2. The van der Waals surface area contributed by atoms with Crippen molar-refractivity contribution in [3.63, 3.8) is 0 Å². The fraction of sp³-hybridized carbons (Fsp3) is 0.288. The van der Waals surface area contributed by atoms with Crippen LogP contribution in [0.3, 0.4) is 0 Å². The van der Waals surface area contributed by atoms with Gasteiger partial charge in [0.1, 0.15) is 5.75 Å². The van der Waals surface area contributed by atoms with Crippen molar-refractivity contribution < 1.29 is 33.8 Å². The first-order valence-electron chi connectivity index (χ1n) is 25.1. The second-order valence-electron chi connectivity index (χ2n) is 19.9. The second kappa shape index (κ2) is 20.5. The first kappa shape index (κ1) is 49.1. The molecule has 4 aliphatic heterocycles. The minimum Gasteiger partial charge on any atom is -0.497 e. The lowest BCUT2D eigenvalue weighted by Gasteiger charge is -2.37. The van der Waals surface area contributed by atoms with Gasteiger partial charge in [-0.25, -0.2) is 10.0 Å². The number of carbonyl (C=O) groups is 4. The second-order valence-corrected chi connectivity index (χ2v) is 24.6. The number of nitrogens with zero attached hydrogens (tertiary/aromatic N) is 6. The van der Waals surface area contributed by atoms with E-state index in [4.69, 9.17) is 19.7 Å². The van der Waals surface area contributed by atoms with Crippen LogP contribution in [0.2, 0.25) is 18.6 Å². The summed E-state index contributed by atoms with van der Waals surface area (Å²) in [6.45, 7) is 7.00. The molecular formula is C59H60N6O7Si. The van der Waals surface area contributed by atoms with E-state index in [0.29, 0.717) is 48.4 Å². The molecule has 1 fully saturated rings. The average Bonchev–Trinajstić information content (AvgIpc) is 3.85. The SMILES string of the molecule is COc1ccc([Si](C)(C)[C@@H]2[C@@H](CC(=O)N(CCO)Cc3ccccc3)O[C@]3(C(=O)N(Cc4ccc(N5N=C(c6ccccc6)CCC5=O)cc4)c4ccc(N5N=C(c6ccccc6)CCC5=O)cc43)[C@H]2C)cc1. The number of hydrazone groups is 2. The summed E-state index contributed by atoms with van der Waals surface area (Å²) in [6.07, 6.45) is 0.884. The molecule has 4 amide bonds. The Labute approximate surface area is 427 Å². The van der Waals surface area contributed by atoms with Gasteiger partial charge in [0.05, 0.1) is 69.3 Å². The first-order valence-corrected chi connectivity index (χ1v) is 28.2. The molecule has 0 saturated carbocycles. The van der Waals surface area contributed by atoms with Crippen LogP contribution in [-0.4, -0.2) is 79.5 Å². The maximum Gasteiger partial charge on any atom is 0.264 e. The molecule has 6 aromatic carbocycles. The first-order chi connectivity index (χ1) is 35.4. The van der Waals surface area contributed by atoms with Crippen LogP contribution in [0.25, 0.3) is 0 Å². The molecule has 4 heterocycles. The molecule has 1 saturated heterocycles. The number of rotatable bonds is 15. The lowest BCUT2D eigenvalue weighted by molar-refractivity contribution is -0.150. The van der Waals surface area contributed by atoms with Crippen LogP contribution in [0.4, 0.5) is 17.1 Å². The Bertz CT molecular complexity index is 3080. The number of hydrogen-bond acceptors (Lipinski definition) is 9. The number of carbonyl (C=O) groups excluding carboxylic acids is 4. The highest BCUT2D eigenvalue weighted by Crippen LogP contribution is 2.61. The van der Waals surface area contributed by atoms with Gasteiger partial charge >= 0.3 is 0 Å². The lowest BCUT2D eigenvalue weighted by atomic mass is 9.82. The van der Waals surface area contributed by atoms with Gasteiger partial charge in [0.25, 0.3) is 5.91 Å². The van der Waals surface area contributed by atoms with Crippen molar-refractivity contribution in [2.75, 3.05) is 35.2 Å². The Kier molecular flexibility index (Phi) is 13.8. The molecule has 14 heteroatoms. The molecule has 0 bridgehead atoms. The van der Waals surface area contributed by atoms with Gasteiger partial charge in [0.15, 0.2) is 5.60 Å². The van der Waals surface area contributed by atoms with Crippen LogP contribution >= 0.6 is 0 Å². The number of hydrogen-bond donors (Lipinski definition) is 1. The number of aliphatic hydroxyl groups excluding tert-OH is 1. The molecule has 4 aliphatic rings. The zero-order valence-corrected chi connectivity index (χ0v) is 42.7. The van der Waals surface area contributed by atoms with Crippen LogP contribution < -0.4 is 24.8 Å². The highest BCUT2D eigenvalue weighted by molar-refractivity contribution is 6.91. The van der Waals surface area contributed by atoms with Gasteiger partial charge in [-0.05, 0) is 70.3 Å². The fourth-order valence-electron chi connectivity index (χ4n) is 11.4. The number of aliphatic hydroxyl groups is 1. The summed E-state index contributed by atoms with van der Waals surface area (Å²) in [4.78, 5) is 61.4. The number of amides is 4. The zero-order chi connectivity index (χ0) is 50.9. The van der Waals surface area contributed by atoms with Crippen LogP contribution in [-0.2, 0) is 42.6 Å². The summed E-state index contributed by atoms with van der Waals surface area (Å²) in [5.41, 5.74) is 5.76. The Morgan fingerprint density at radius 2 is 1.29 bits per heavy atom. The van der Waals surface area contributed by atoms with E-state index in [9.17, 15) is 19.5 Å². The van der Waals surface area contributed by atoms with Gasteiger partial charge in [0, 0.05) is 50.3 Å². The topological polar surface area (TPSA) is 145 Å². The standard InChI is InChI=1S/C59H60N6O7Si/c1-40-57(73(3,4)48-27-25-47(71-2)26-28-48)53(37-56(69)62(34-35-66)38-41-14-8-5-9-15-41)72-59(40)49-36-46(65-55(68)33-30-51(61-65)44-18-12-7-13-19-44)24-31-52(49)63(58(59)70)39-42-20-22-45(23-21-42)64-54(67)32-29-50(60-64)43-16-10-6-11-17-43/h5-28,31,36,40,53,57,66H,29-30,32-35,37-39H2,1-4H3/t40-,53+,57-,59+/m0/s1. The van der Waals surface area contributed by atoms with Crippen molar-refractivity contribution in [2.24, 2.45) is 16.1 Å². The molecule has 0 aromatic heterocycles.